The number of aromatic nitrogens is 4. The molecule has 13 heteroatoms. The van der Waals surface area contributed by atoms with E-state index in [1.54, 1.807) is 49.6 Å². The number of nitrogens with zero attached hydrogens (tertiary/aromatic N) is 4. The van der Waals surface area contributed by atoms with Gasteiger partial charge in [-0.05, 0) is 59.0 Å². The molecular weight excluding hydrogens is 659 g/mol. The first-order valence-corrected chi connectivity index (χ1v) is 17.0. The number of nitrogens with one attached hydrogen (secondary N) is 1. The molecular formula is C37H37N5O7S. The van der Waals surface area contributed by atoms with Crippen LogP contribution in [-0.4, -0.2) is 55.8 Å². The van der Waals surface area contributed by atoms with E-state index in [4.69, 9.17) is 23.7 Å². The van der Waals surface area contributed by atoms with E-state index in [-0.39, 0.29) is 58.4 Å². The summed E-state index contributed by atoms with van der Waals surface area (Å²) in [5.41, 5.74) is 1.78. The van der Waals surface area contributed by atoms with Crippen molar-refractivity contribution in [3.63, 3.8) is 0 Å². The Morgan fingerprint density at radius 1 is 0.760 bits per heavy atom. The van der Waals surface area contributed by atoms with Gasteiger partial charge in [0.2, 0.25) is 11.6 Å². The Morgan fingerprint density at radius 2 is 1.44 bits per heavy atom. The van der Waals surface area contributed by atoms with Gasteiger partial charge in [-0.2, -0.15) is 4.98 Å². The average molecular weight is 696 g/mol. The van der Waals surface area contributed by atoms with Gasteiger partial charge in [-0.3, -0.25) is 4.72 Å². The molecule has 0 aliphatic carbocycles. The lowest BCUT2D eigenvalue weighted by atomic mass is 9.87. The second-order valence-electron chi connectivity index (χ2n) is 11.7. The highest BCUT2D eigenvalue weighted by Gasteiger charge is 2.26. The summed E-state index contributed by atoms with van der Waals surface area (Å²) in [7, 11) is -1.08. The molecule has 0 spiro atoms. The smallest absolute Gasteiger partial charge is 0.264 e. The van der Waals surface area contributed by atoms with Gasteiger partial charge in [-0.15, -0.1) is 0 Å². The van der Waals surface area contributed by atoms with Gasteiger partial charge in [0, 0.05) is 12.4 Å². The van der Waals surface area contributed by atoms with Gasteiger partial charge < -0.3 is 23.7 Å². The first-order valence-electron chi connectivity index (χ1n) is 15.5. The maximum atomic E-state index is 13.8. The molecule has 0 fully saturated rings. The van der Waals surface area contributed by atoms with Crippen LogP contribution in [-0.2, 0) is 26.8 Å². The van der Waals surface area contributed by atoms with Crippen LogP contribution in [0.2, 0.25) is 0 Å². The quantitative estimate of drug-likeness (QED) is 0.107. The standard InChI is InChI=1S/C37H37N5O7S/c1-37(2,3)27-15-19-29(20-16-27)50(43,44)42-33-32(49-31-12-7-6-11-30(31)46-5)36(41-35(40-33)34-38-21-10-22-39-34)48-24-9-8-23-47-25-26-13-17-28(45-4)18-14-26/h6-7,10-22H,23-25H2,1-5H3,(H,40,41,42). The third-order valence-corrected chi connectivity index (χ3v) is 8.51. The summed E-state index contributed by atoms with van der Waals surface area (Å²) in [6.07, 6.45) is 3.03. The Balaban J connectivity index is 1.47. The molecule has 3 aromatic carbocycles. The lowest BCUT2D eigenvalue weighted by molar-refractivity contribution is 0.153. The maximum Gasteiger partial charge on any atom is 0.264 e. The number of sulfonamides is 1. The number of para-hydroxylation sites is 2. The van der Waals surface area contributed by atoms with Crippen molar-refractivity contribution >= 4 is 15.8 Å². The molecule has 2 aromatic heterocycles. The monoisotopic (exact) mass is 695 g/mol. The summed E-state index contributed by atoms with van der Waals surface area (Å²) < 4.78 is 58.7. The second-order valence-corrected chi connectivity index (χ2v) is 13.4. The van der Waals surface area contributed by atoms with Crippen LogP contribution in [0.4, 0.5) is 5.82 Å². The highest BCUT2D eigenvalue weighted by Crippen LogP contribution is 2.41. The molecule has 0 bridgehead atoms. The molecule has 12 nitrogen and oxygen atoms in total. The van der Waals surface area contributed by atoms with Crippen molar-refractivity contribution in [1.29, 1.82) is 0 Å². The minimum atomic E-state index is -4.18. The molecule has 0 aliphatic heterocycles. The van der Waals surface area contributed by atoms with Crippen molar-refractivity contribution in [2.45, 2.75) is 37.7 Å². The van der Waals surface area contributed by atoms with Crippen LogP contribution in [0.5, 0.6) is 28.9 Å². The van der Waals surface area contributed by atoms with E-state index in [0.717, 1.165) is 16.9 Å². The maximum absolute atomic E-state index is 13.8. The Hall–Kier alpha value is -5.71. The Bertz CT molecular complexity index is 2060. The average Bonchev–Trinajstić information content (AvgIpc) is 3.12. The van der Waals surface area contributed by atoms with Crippen LogP contribution in [0.1, 0.15) is 31.9 Å². The van der Waals surface area contributed by atoms with Crippen molar-refractivity contribution in [2.24, 2.45) is 0 Å². The largest absolute Gasteiger partial charge is 0.497 e. The van der Waals surface area contributed by atoms with E-state index in [9.17, 15) is 8.42 Å². The van der Waals surface area contributed by atoms with Gasteiger partial charge in [0.05, 0.1) is 25.7 Å². The fraction of sp³-hybridized carbons (Fsp3) is 0.243. The fourth-order valence-corrected chi connectivity index (χ4v) is 5.49. The van der Waals surface area contributed by atoms with Gasteiger partial charge in [0.15, 0.2) is 29.7 Å². The summed E-state index contributed by atoms with van der Waals surface area (Å²) in [5, 5.41) is 0. The molecule has 0 saturated heterocycles. The highest BCUT2D eigenvalue weighted by molar-refractivity contribution is 7.92. The fourth-order valence-electron chi connectivity index (χ4n) is 4.49. The van der Waals surface area contributed by atoms with Gasteiger partial charge in [0.25, 0.3) is 15.9 Å². The summed E-state index contributed by atoms with van der Waals surface area (Å²) >= 11 is 0. The van der Waals surface area contributed by atoms with E-state index < -0.39 is 10.0 Å². The third kappa shape index (κ3) is 9.25. The first kappa shape index (κ1) is 35.6. The van der Waals surface area contributed by atoms with E-state index in [1.807, 2.05) is 45.0 Å². The normalized spacial score (nSPS) is 11.2. The lowest BCUT2D eigenvalue weighted by Gasteiger charge is -2.20. The zero-order chi connectivity index (χ0) is 35.6. The van der Waals surface area contributed by atoms with E-state index in [1.165, 1.54) is 31.6 Å². The van der Waals surface area contributed by atoms with E-state index in [0.29, 0.717) is 12.4 Å². The van der Waals surface area contributed by atoms with Crippen LogP contribution in [0, 0.1) is 11.8 Å². The van der Waals surface area contributed by atoms with E-state index >= 15 is 0 Å². The third-order valence-electron chi connectivity index (χ3n) is 7.15. The number of hydrogen-bond acceptors (Lipinski definition) is 11. The van der Waals surface area contributed by atoms with Crippen LogP contribution in [0.3, 0.4) is 0 Å². The molecule has 258 valence electrons. The summed E-state index contributed by atoms with van der Waals surface area (Å²) in [4.78, 5) is 17.5. The molecule has 50 heavy (non-hydrogen) atoms. The zero-order valence-corrected chi connectivity index (χ0v) is 29.2. The minimum absolute atomic E-state index is 0.00968. The van der Waals surface area contributed by atoms with Crippen molar-refractivity contribution in [3.05, 3.63) is 102 Å². The predicted octanol–water partition coefficient (Wildman–Crippen LogP) is 6.44. The molecule has 1 N–H and O–H groups in total. The number of ether oxygens (including phenoxy) is 5. The van der Waals surface area contributed by atoms with Gasteiger partial charge in [-0.1, -0.05) is 69.0 Å². The van der Waals surface area contributed by atoms with Crippen LogP contribution >= 0.6 is 0 Å². The molecule has 0 atom stereocenters. The van der Waals surface area contributed by atoms with Crippen molar-refractivity contribution in [3.8, 4) is 52.4 Å². The number of hydrogen-bond donors (Lipinski definition) is 1. The number of methoxy groups -OCH3 is 2. The molecule has 0 aliphatic rings. The van der Waals surface area contributed by atoms with Crippen LogP contribution < -0.4 is 23.7 Å². The predicted molar refractivity (Wildman–Crippen MR) is 188 cm³/mol. The van der Waals surface area contributed by atoms with Gasteiger partial charge >= 0.3 is 0 Å². The molecule has 0 radical (unpaired) electrons. The molecule has 2 heterocycles. The van der Waals surface area contributed by atoms with Crippen molar-refractivity contribution < 1.29 is 32.1 Å². The second kappa shape index (κ2) is 16.1. The summed E-state index contributed by atoms with van der Waals surface area (Å²) in [6.45, 7) is 6.52. The lowest BCUT2D eigenvalue weighted by Crippen LogP contribution is -2.17. The highest BCUT2D eigenvalue weighted by atomic mass is 32.2. The number of anilines is 1. The van der Waals surface area contributed by atoms with Crippen LogP contribution in [0.15, 0.2) is 96.2 Å². The SMILES string of the molecule is COc1ccc(COCC#CCOc2nc(-c3ncccn3)nc(NS(=O)(=O)c3ccc(C(C)(C)C)cc3)c2Oc2ccccc2OC)cc1. The number of rotatable bonds is 13. The Kier molecular flexibility index (Phi) is 11.5. The van der Waals surface area contributed by atoms with Crippen LogP contribution in [0.25, 0.3) is 11.6 Å². The molecule has 0 unspecified atom stereocenters. The Morgan fingerprint density at radius 3 is 2.10 bits per heavy atom. The van der Waals surface area contributed by atoms with Crippen molar-refractivity contribution in [1.82, 2.24) is 19.9 Å². The molecule has 0 amide bonds. The topological polar surface area (TPSA) is 144 Å². The first-order chi connectivity index (χ1) is 24.1. The molecule has 5 rings (SSSR count). The molecule has 5 aromatic rings. The van der Waals surface area contributed by atoms with Gasteiger partial charge in [-0.25, -0.2) is 23.4 Å². The molecule has 0 saturated carbocycles. The van der Waals surface area contributed by atoms with Crippen molar-refractivity contribution in [2.75, 3.05) is 32.2 Å². The summed E-state index contributed by atoms with van der Waals surface area (Å²) in [6, 6.07) is 22.7. The van der Waals surface area contributed by atoms with E-state index in [2.05, 4.69) is 36.5 Å². The minimum Gasteiger partial charge on any atom is -0.497 e. The summed E-state index contributed by atoms with van der Waals surface area (Å²) in [5.74, 6) is 6.89. The Labute approximate surface area is 291 Å². The van der Waals surface area contributed by atoms with Gasteiger partial charge in [0.1, 0.15) is 12.4 Å². The zero-order valence-electron chi connectivity index (χ0n) is 28.3. The number of benzene rings is 3.